The van der Waals surface area contributed by atoms with E-state index in [1.165, 1.54) is 6.07 Å². The van der Waals surface area contributed by atoms with E-state index < -0.39 is 5.82 Å². The molecule has 2 rings (SSSR count). The van der Waals surface area contributed by atoms with Gasteiger partial charge in [-0.15, -0.1) is 0 Å². The first-order chi connectivity index (χ1) is 8.06. The molecule has 0 atom stereocenters. The molecule has 17 heavy (non-hydrogen) atoms. The lowest BCUT2D eigenvalue weighted by Crippen LogP contribution is -2.18. The second-order valence-electron chi connectivity index (χ2n) is 3.72. The van der Waals surface area contributed by atoms with Crippen molar-refractivity contribution in [3.8, 4) is 0 Å². The van der Waals surface area contributed by atoms with Gasteiger partial charge in [0.2, 0.25) is 0 Å². The normalized spacial score (nSPS) is 14.5. The minimum atomic E-state index is -0.510. The molecule has 1 aromatic rings. The predicted octanol–water partition coefficient (Wildman–Crippen LogP) is 2.55. The molecule has 1 aromatic heterocycles. The summed E-state index contributed by atoms with van der Waals surface area (Å²) in [6.07, 6.45) is 3.34. The van der Waals surface area contributed by atoms with Crippen molar-refractivity contribution in [2.45, 2.75) is 6.54 Å². The van der Waals surface area contributed by atoms with Crippen LogP contribution in [0.15, 0.2) is 24.0 Å². The van der Waals surface area contributed by atoms with Crippen molar-refractivity contribution < 1.29 is 9.13 Å². The molecule has 1 aliphatic rings. The molecular formula is C11H10ClFN2OS. The summed E-state index contributed by atoms with van der Waals surface area (Å²) in [6.45, 7) is 0.984. The van der Waals surface area contributed by atoms with Crippen molar-refractivity contribution in [1.82, 2.24) is 9.88 Å². The van der Waals surface area contributed by atoms with Crippen molar-refractivity contribution in [2.75, 3.05) is 13.7 Å². The molecule has 0 saturated carbocycles. The third-order valence-electron chi connectivity index (χ3n) is 2.41. The summed E-state index contributed by atoms with van der Waals surface area (Å²) in [5.74, 6) is -0.510. The van der Waals surface area contributed by atoms with Gasteiger partial charge in [0.15, 0.2) is 16.0 Å². The Morgan fingerprint density at radius 3 is 3.00 bits per heavy atom. The molecule has 0 N–H and O–H groups in total. The quantitative estimate of drug-likeness (QED) is 0.624. The van der Waals surface area contributed by atoms with Gasteiger partial charge in [0.25, 0.3) is 0 Å². The molecule has 6 heteroatoms. The highest BCUT2D eigenvalue weighted by molar-refractivity contribution is 7.80. The number of aromatic nitrogens is 1. The molecule has 0 unspecified atom stereocenters. The fraction of sp³-hybridized carbons (Fsp3) is 0.273. The van der Waals surface area contributed by atoms with Crippen LogP contribution in [0, 0.1) is 5.82 Å². The van der Waals surface area contributed by atoms with Gasteiger partial charge in [-0.1, -0.05) is 11.6 Å². The van der Waals surface area contributed by atoms with Gasteiger partial charge in [-0.25, -0.2) is 9.37 Å². The van der Waals surface area contributed by atoms with Crippen LogP contribution in [0.1, 0.15) is 5.56 Å². The van der Waals surface area contributed by atoms with Gasteiger partial charge in [-0.05, 0) is 23.8 Å². The Hall–Kier alpha value is -1.20. The van der Waals surface area contributed by atoms with Gasteiger partial charge < -0.3 is 9.64 Å². The molecule has 0 fully saturated rings. The van der Waals surface area contributed by atoms with Gasteiger partial charge >= 0.3 is 0 Å². The molecule has 90 valence electrons. The Balaban J connectivity index is 2.08. The standard InChI is InChI=1S/C11H10ClFN2OS/c1-15(8-3-10(17)16-6-8)5-7-2-9(13)11(12)14-4-7/h2-4H,5-6H2,1H3. The first-order valence-electron chi connectivity index (χ1n) is 4.94. The topological polar surface area (TPSA) is 25.4 Å². The predicted molar refractivity (Wildman–Crippen MR) is 67.3 cm³/mol. The summed E-state index contributed by atoms with van der Waals surface area (Å²) in [5.41, 5.74) is 1.71. The Bertz CT molecular complexity index is 492. The minimum Gasteiger partial charge on any atom is -0.477 e. The average Bonchev–Trinajstić information content (AvgIpc) is 2.70. The zero-order valence-electron chi connectivity index (χ0n) is 9.11. The molecule has 0 aromatic carbocycles. The summed E-state index contributed by atoms with van der Waals surface area (Å²) in [5, 5.41) is 0.369. The zero-order valence-corrected chi connectivity index (χ0v) is 10.7. The Kier molecular flexibility index (Phi) is 3.59. The third-order valence-corrected chi connectivity index (χ3v) is 2.92. The van der Waals surface area contributed by atoms with Crippen LogP contribution in [0.25, 0.3) is 0 Å². The smallest absolute Gasteiger partial charge is 0.186 e. The van der Waals surface area contributed by atoms with E-state index in [-0.39, 0.29) is 5.15 Å². The van der Waals surface area contributed by atoms with Crippen LogP contribution >= 0.6 is 23.8 Å². The van der Waals surface area contributed by atoms with E-state index in [1.54, 1.807) is 12.3 Å². The van der Waals surface area contributed by atoms with E-state index in [0.717, 1.165) is 11.3 Å². The Morgan fingerprint density at radius 2 is 2.41 bits per heavy atom. The maximum Gasteiger partial charge on any atom is 0.186 e. The molecule has 0 spiro atoms. The van der Waals surface area contributed by atoms with E-state index in [1.807, 2.05) is 11.9 Å². The first kappa shape index (κ1) is 12.3. The van der Waals surface area contributed by atoms with E-state index in [0.29, 0.717) is 18.2 Å². The molecule has 0 bridgehead atoms. The number of halogens is 2. The summed E-state index contributed by atoms with van der Waals surface area (Å²) < 4.78 is 18.3. The number of thiocarbonyl (C=S) groups is 1. The fourth-order valence-electron chi connectivity index (χ4n) is 1.51. The summed E-state index contributed by atoms with van der Waals surface area (Å²) in [4.78, 5) is 5.69. The first-order valence-corrected chi connectivity index (χ1v) is 5.73. The largest absolute Gasteiger partial charge is 0.477 e. The number of hydrogen-bond donors (Lipinski definition) is 0. The highest BCUT2D eigenvalue weighted by Crippen LogP contribution is 2.17. The van der Waals surface area contributed by atoms with E-state index >= 15 is 0 Å². The van der Waals surface area contributed by atoms with Crippen molar-refractivity contribution in [3.05, 3.63) is 40.6 Å². The van der Waals surface area contributed by atoms with Crippen molar-refractivity contribution in [1.29, 1.82) is 0 Å². The molecule has 3 nitrogen and oxygen atoms in total. The number of rotatable bonds is 3. The van der Waals surface area contributed by atoms with Gasteiger partial charge in [0.05, 0.1) is 5.70 Å². The SMILES string of the molecule is CN(Cc1cnc(Cl)c(F)c1)C1=CC(=S)OC1. The molecule has 0 saturated heterocycles. The van der Waals surface area contributed by atoms with E-state index in [9.17, 15) is 4.39 Å². The van der Waals surface area contributed by atoms with Gasteiger partial charge in [-0.2, -0.15) is 0 Å². The highest BCUT2D eigenvalue weighted by atomic mass is 35.5. The molecule has 0 radical (unpaired) electrons. The summed E-state index contributed by atoms with van der Waals surface area (Å²) in [6, 6.07) is 1.38. The fourth-order valence-corrected chi connectivity index (χ4v) is 1.81. The maximum absolute atomic E-state index is 13.2. The molecule has 0 amide bonds. The van der Waals surface area contributed by atoms with Crippen LogP contribution in [0.5, 0.6) is 0 Å². The number of nitrogens with zero attached hydrogens (tertiary/aromatic N) is 2. The second-order valence-corrected chi connectivity index (χ2v) is 4.48. The Morgan fingerprint density at radius 1 is 1.65 bits per heavy atom. The van der Waals surface area contributed by atoms with E-state index in [4.69, 9.17) is 28.6 Å². The van der Waals surface area contributed by atoms with E-state index in [2.05, 4.69) is 4.98 Å². The van der Waals surface area contributed by atoms with Gasteiger partial charge in [0, 0.05) is 25.9 Å². The van der Waals surface area contributed by atoms with Crippen LogP contribution in [0.3, 0.4) is 0 Å². The summed E-state index contributed by atoms with van der Waals surface area (Å²) in [7, 11) is 1.88. The van der Waals surface area contributed by atoms with Crippen LogP contribution in [-0.2, 0) is 11.3 Å². The lowest BCUT2D eigenvalue weighted by atomic mass is 10.2. The van der Waals surface area contributed by atoms with Crippen molar-refractivity contribution in [2.24, 2.45) is 0 Å². The van der Waals surface area contributed by atoms with Crippen molar-refractivity contribution >= 4 is 28.9 Å². The molecule has 2 heterocycles. The zero-order chi connectivity index (χ0) is 12.4. The number of hydrogen-bond acceptors (Lipinski definition) is 4. The minimum absolute atomic E-state index is 0.110. The van der Waals surface area contributed by atoms with Crippen LogP contribution in [0.4, 0.5) is 4.39 Å². The van der Waals surface area contributed by atoms with Crippen LogP contribution < -0.4 is 0 Å². The van der Waals surface area contributed by atoms with Gasteiger partial charge in [-0.3, -0.25) is 0 Å². The lowest BCUT2D eigenvalue weighted by Gasteiger charge is -2.19. The summed E-state index contributed by atoms with van der Waals surface area (Å²) >= 11 is 10.4. The second kappa shape index (κ2) is 4.98. The number of pyridine rings is 1. The van der Waals surface area contributed by atoms with Crippen molar-refractivity contribution in [3.63, 3.8) is 0 Å². The lowest BCUT2D eigenvalue weighted by molar-refractivity contribution is 0.304. The van der Waals surface area contributed by atoms with Crippen LogP contribution in [0.2, 0.25) is 5.15 Å². The third kappa shape index (κ3) is 2.92. The molecule has 1 aliphatic heterocycles. The average molecular weight is 273 g/mol. The van der Waals surface area contributed by atoms with Crippen LogP contribution in [-0.4, -0.2) is 28.6 Å². The molecular weight excluding hydrogens is 263 g/mol. The molecule has 0 aliphatic carbocycles. The van der Waals surface area contributed by atoms with Gasteiger partial charge in [0.1, 0.15) is 6.61 Å². The Labute approximate surface area is 109 Å². The monoisotopic (exact) mass is 272 g/mol. The number of ether oxygens (including phenoxy) is 1. The number of likely N-dealkylation sites (N-methyl/N-ethyl adjacent to an activating group) is 1. The highest BCUT2D eigenvalue weighted by Gasteiger charge is 2.14. The maximum atomic E-state index is 13.2.